The summed E-state index contributed by atoms with van der Waals surface area (Å²) in [7, 11) is 0. The van der Waals surface area contributed by atoms with E-state index in [0.29, 0.717) is 10.1 Å². The zero-order valence-corrected chi connectivity index (χ0v) is 14.1. The van der Waals surface area contributed by atoms with Crippen LogP contribution in [0, 0.1) is 7.14 Å². The molecular weight excluding hydrogens is 460 g/mol. The fourth-order valence-electron chi connectivity index (χ4n) is 1.88. The van der Waals surface area contributed by atoms with Gasteiger partial charge in [0, 0.05) is 16.5 Å². The second kappa shape index (κ2) is 5.49. The van der Waals surface area contributed by atoms with E-state index in [0.717, 1.165) is 16.5 Å². The summed E-state index contributed by atoms with van der Waals surface area (Å²) < 4.78 is 7.06. The zero-order valence-electron chi connectivity index (χ0n) is 9.80. The molecule has 0 spiro atoms. The van der Waals surface area contributed by atoms with Crippen LogP contribution in [0.25, 0.3) is 0 Å². The van der Waals surface area contributed by atoms with Gasteiger partial charge < -0.3 is 15.2 Å². The van der Waals surface area contributed by atoms with E-state index >= 15 is 0 Å². The minimum absolute atomic E-state index is 0.00410. The third-order valence-corrected chi connectivity index (χ3v) is 4.36. The predicted molar refractivity (Wildman–Crippen MR) is 84.8 cm³/mol. The summed E-state index contributed by atoms with van der Waals surface area (Å²) >= 11 is 4.12. The lowest BCUT2D eigenvalue weighted by Gasteiger charge is -2.23. The minimum Gasteiger partial charge on any atom is -0.506 e. The third kappa shape index (κ3) is 3.08. The maximum Gasteiger partial charge on any atom is 0.342 e. The van der Waals surface area contributed by atoms with Crippen LogP contribution in [0.15, 0.2) is 12.1 Å². The molecule has 1 atom stereocenters. The smallest absolute Gasteiger partial charge is 0.342 e. The summed E-state index contributed by atoms with van der Waals surface area (Å²) in [5.74, 6) is -0.467. The Labute approximate surface area is 133 Å². The topological polar surface area (TPSA) is 58.6 Å². The molecule has 0 bridgehead atoms. The molecule has 1 aliphatic rings. The van der Waals surface area contributed by atoms with Crippen LogP contribution in [0.5, 0.6) is 5.75 Å². The molecule has 1 saturated heterocycles. The number of halogens is 2. The molecule has 0 amide bonds. The molecular formula is C12H13I2NO3. The van der Waals surface area contributed by atoms with E-state index in [2.05, 4.69) is 27.9 Å². The molecule has 0 radical (unpaired) electrons. The Kier molecular flexibility index (Phi) is 4.37. The summed E-state index contributed by atoms with van der Waals surface area (Å²) in [6.45, 7) is 3.40. The number of rotatable bonds is 2. The number of nitrogens with one attached hydrogen (secondary N) is 1. The van der Waals surface area contributed by atoms with Crippen LogP contribution in [0.3, 0.4) is 0 Å². The first kappa shape index (κ1) is 14.3. The van der Waals surface area contributed by atoms with Crippen LogP contribution in [0.4, 0.5) is 0 Å². The van der Waals surface area contributed by atoms with Gasteiger partial charge in [0.15, 0.2) is 0 Å². The summed E-state index contributed by atoms with van der Waals surface area (Å²) in [5.41, 5.74) is -0.240. The van der Waals surface area contributed by atoms with Crippen LogP contribution in [0.2, 0.25) is 0 Å². The first-order valence-electron chi connectivity index (χ1n) is 5.53. The maximum atomic E-state index is 12.1. The second-order valence-corrected chi connectivity index (χ2v) is 6.96. The largest absolute Gasteiger partial charge is 0.506 e. The van der Waals surface area contributed by atoms with E-state index in [4.69, 9.17) is 4.74 Å². The molecule has 4 nitrogen and oxygen atoms in total. The Morgan fingerprint density at radius 1 is 1.50 bits per heavy atom. The normalized spacial score (nSPS) is 23.1. The van der Waals surface area contributed by atoms with E-state index in [1.165, 1.54) is 0 Å². The molecule has 98 valence electrons. The highest BCUT2D eigenvalue weighted by atomic mass is 127. The fourth-order valence-corrected chi connectivity index (χ4v) is 3.73. The molecule has 0 saturated carbocycles. The average Bonchev–Trinajstić information content (AvgIpc) is 2.70. The van der Waals surface area contributed by atoms with Crippen LogP contribution in [0.1, 0.15) is 23.7 Å². The Morgan fingerprint density at radius 2 is 2.22 bits per heavy atom. The van der Waals surface area contributed by atoms with Crippen molar-refractivity contribution >= 4 is 51.2 Å². The number of benzene rings is 1. The average molecular weight is 473 g/mol. The highest BCUT2D eigenvalue weighted by Gasteiger charge is 2.33. The number of ether oxygens (including phenoxy) is 1. The van der Waals surface area contributed by atoms with Gasteiger partial charge in [-0.2, -0.15) is 0 Å². The third-order valence-electron chi connectivity index (χ3n) is 2.92. The Morgan fingerprint density at radius 3 is 2.83 bits per heavy atom. The molecule has 0 aromatic heterocycles. The van der Waals surface area contributed by atoms with Crippen molar-refractivity contribution in [3.63, 3.8) is 0 Å². The number of phenols is 1. The van der Waals surface area contributed by atoms with Crippen LogP contribution in [-0.2, 0) is 4.74 Å². The number of hydrogen-bond acceptors (Lipinski definition) is 4. The van der Waals surface area contributed by atoms with Crippen molar-refractivity contribution in [3.05, 3.63) is 24.8 Å². The van der Waals surface area contributed by atoms with Crippen molar-refractivity contribution in [3.8, 4) is 5.75 Å². The Balaban J connectivity index is 2.23. The predicted octanol–water partition coefficient (Wildman–Crippen LogP) is 2.51. The molecule has 1 aromatic rings. The van der Waals surface area contributed by atoms with Crippen LogP contribution in [-0.4, -0.2) is 29.8 Å². The van der Waals surface area contributed by atoms with Crippen LogP contribution >= 0.6 is 45.2 Å². The Bertz CT molecular complexity index is 484. The zero-order chi connectivity index (χ0) is 13.3. The number of aromatic hydroxyl groups is 1. The lowest BCUT2D eigenvalue weighted by atomic mass is 10.1. The van der Waals surface area contributed by atoms with Crippen molar-refractivity contribution in [1.29, 1.82) is 0 Å². The van der Waals surface area contributed by atoms with E-state index in [9.17, 15) is 9.90 Å². The minimum atomic E-state index is -0.476. The van der Waals surface area contributed by atoms with Gasteiger partial charge in [-0.05, 0) is 70.8 Å². The van der Waals surface area contributed by atoms with E-state index in [-0.39, 0.29) is 11.3 Å². The Hall–Kier alpha value is -0.0900. The van der Waals surface area contributed by atoms with Gasteiger partial charge in [0.2, 0.25) is 0 Å². The van der Waals surface area contributed by atoms with Crippen molar-refractivity contribution in [2.45, 2.75) is 18.9 Å². The van der Waals surface area contributed by atoms with Crippen LogP contribution < -0.4 is 5.32 Å². The monoisotopic (exact) mass is 473 g/mol. The number of phenolic OH excluding ortho intramolecular Hbond substituents is 1. The van der Waals surface area contributed by atoms with E-state index < -0.39 is 11.6 Å². The summed E-state index contributed by atoms with van der Waals surface area (Å²) in [6.07, 6.45) is 0.792. The van der Waals surface area contributed by atoms with Gasteiger partial charge in [-0.3, -0.25) is 0 Å². The number of hydrogen-bond donors (Lipinski definition) is 2. The SMILES string of the molecule is CC1(OC(=O)c2cc(I)cc(I)c2O)CCNC1. The fraction of sp³-hybridized carbons (Fsp3) is 0.417. The summed E-state index contributed by atoms with van der Waals surface area (Å²) in [4.78, 5) is 12.1. The molecule has 2 rings (SSSR count). The molecule has 1 unspecified atom stereocenters. The summed E-state index contributed by atoms with van der Waals surface area (Å²) in [5, 5.41) is 13.1. The summed E-state index contributed by atoms with van der Waals surface area (Å²) in [6, 6.07) is 3.46. The van der Waals surface area contributed by atoms with Gasteiger partial charge >= 0.3 is 5.97 Å². The lowest BCUT2D eigenvalue weighted by Crippen LogP contribution is -2.34. The molecule has 0 aliphatic carbocycles. The molecule has 6 heteroatoms. The second-order valence-electron chi connectivity index (χ2n) is 4.55. The van der Waals surface area contributed by atoms with Crippen molar-refractivity contribution in [2.75, 3.05) is 13.1 Å². The van der Waals surface area contributed by atoms with Gasteiger partial charge in [-0.25, -0.2) is 4.79 Å². The number of carbonyl (C=O) groups excluding carboxylic acids is 1. The molecule has 1 heterocycles. The molecule has 18 heavy (non-hydrogen) atoms. The van der Waals surface area contributed by atoms with E-state index in [1.54, 1.807) is 6.07 Å². The highest BCUT2D eigenvalue weighted by Crippen LogP contribution is 2.29. The first-order valence-corrected chi connectivity index (χ1v) is 7.69. The standard InChI is InChI=1S/C12H13I2NO3/c1-12(2-3-15-6-12)18-11(17)8-4-7(13)5-9(14)10(8)16/h4-5,15-16H,2-3,6H2,1H3. The van der Waals surface area contributed by atoms with Gasteiger partial charge in [-0.1, -0.05) is 0 Å². The number of carbonyl (C=O) groups is 1. The number of esters is 1. The van der Waals surface area contributed by atoms with Gasteiger partial charge in [0.1, 0.15) is 16.9 Å². The highest BCUT2D eigenvalue weighted by molar-refractivity contribution is 14.1. The van der Waals surface area contributed by atoms with Crippen molar-refractivity contribution < 1.29 is 14.6 Å². The maximum absolute atomic E-state index is 12.1. The van der Waals surface area contributed by atoms with Gasteiger partial charge in [0.25, 0.3) is 0 Å². The lowest BCUT2D eigenvalue weighted by molar-refractivity contribution is -0.000535. The quantitative estimate of drug-likeness (QED) is 0.513. The molecule has 1 aliphatic heterocycles. The molecule has 2 N–H and O–H groups in total. The van der Waals surface area contributed by atoms with E-state index in [1.807, 2.05) is 35.6 Å². The van der Waals surface area contributed by atoms with Crippen molar-refractivity contribution in [2.24, 2.45) is 0 Å². The van der Waals surface area contributed by atoms with Gasteiger partial charge in [0.05, 0.1) is 3.57 Å². The first-order chi connectivity index (χ1) is 8.41. The van der Waals surface area contributed by atoms with Crippen molar-refractivity contribution in [1.82, 2.24) is 5.32 Å². The molecule has 1 aromatic carbocycles. The molecule has 1 fully saturated rings. The van der Waals surface area contributed by atoms with Gasteiger partial charge in [-0.15, -0.1) is 0 Å².